The summed E-state index contributed by atoms with van der Waals surface area (Å²) in [6, 6.07) is 6.58. The number of aliphatic hydroxyl groups excluding tert-OH is 1. The van der Waals surface area contributed by atoms with Crippen LogP contribution in [0.1, 0.15) is 24.9 Å². The Kier molecular flexibility index (Phi) is 4.71. The lowest BCUT2D eigenvalue weighted by Crippen LogP contribution is -2.44. The molecule has 0 fully saturated rings. The summed E-state index contributed by atoms with van der Waals surface area (Å²) in [5.74, 6) is 0.642. The molecule has 2 aliphatic rings. The number of amides is 3. The number of benzene rings is 1. The van der Waals surface area contributed by atoms with Crippen LogP contribution in [0.2, 0.25) is 0 Å². The zero-order valence-corrected chi connectivity index (χ0v) is 13.5. The summed E-state index contributed by atoms with van der Waals surface area (Å²) in [4.78, 5) is 26.3. The molecule has 0 unspecified atom stereocenters. The van der Waals surface area contributed by atoms with Crippen molar-refractivity contribution in [1.29, 1.82) is 0 Å². The number of carbonyl (C=O) groups is 2. The van der Waals surface area contributed by atoms with E-state index in [0.717, 1.165) is 11.3 Å². The number of ether oxygens (including phenoxy) is 1. The molecule has 3 rings (SSSR count). The lowest BCUT2D eigenvalue weighted by Gasteiger charge is -2.25. The minimum absolute atomic E-state index is 0.0291. The number of hydrogen-bond donors (Lipinski definition) is 3. The Hall–Kier alpha value is -2.54. The third-order valence-corrected chi connectivity index (χ3v) is 4.13. The fourth-order valence-electron chi connectivity index (χ4n) is 3.04. The lowest BCUT2D eigenvalue weighted by atomic mass is 9.96. The first-order valence-corrected chi connectivity index (χ1v) is 8.07. The van der Waals surface area contributed by atoms with E-state index >= 15 is 0 Å². The first-order chi connectivity index (χ1) is 11.6. The summed E-state index contributed by atoms with van der Waals surface area (Å²) in [6.45, 7) is 3.36. The summed E-state index contributed by atoms with van der Waals surface area (Å²) in [7, 11) is 0. The first kappa shape index (κ1) is 16.3. The predicted octanol–water partition coefficient (Wildman–Crippen LogP) is 0.918. The second-order valence-electron chi connectivity index (χ2n) is 5.73. The van der Waals surface area contributed by atoms with Gasteiger partial charge in [-0.25, -0.2) is 4.79 Å². The molecule has 24 heavy (non-hydrogen) atoms. The molecule has 0 saturated heterocycles. The molecule has 1 aromatic carbocycles. The van der Waals surface area contributed by atoms with Crippen molar-refractivity contribution >= 4 is 11.9 Å². The maximum Gasteiger partial charge on any atom is 0.319 e. The molecule has 1 aromatic rings. The van der Waals surface area contributed by atoms with Gasteiger partial charge in [0.2, 0.25) is 0 Å². The summed E-state index contributed by atoms with van der Waals surface area (Å²) in [5, 5.41) is 14.5. The van der Waals surface area contributed by atoms with Crippen LogP contribution in [0.15, 0.2) is 35.5 Å². The smallest absolute Gasteiger partial charge is 0.319 e. The van der Waals surface area contributed by atoms with Crippen LogP contribution >= 0.6 is 0 Å². The fourth-order valence-corrected chi connectivity index (χ4v) is 3.04. The van der Waals surface area contributed by atoms with E-state index in [1.54, 1.807) is 4.90 Å². The highest BCUT2D eigenvalue weighted by atomic mass is 16.5. The van der Waals surface area contributed by atoms with Gasteiger partial charge in [-0.1, -0.05) is 12.1 Å². The van der Waals surface area contributed by atoms with Gasteiger partial charge in [-0.05, 0) is 31.0 Å². The lowest BCUT2D eigenvalue weighted by molar-refractivity contribution is -0.125. The summed E-state index contributed by atoms with van der Waals surface area (Å²) >= 11 is 0. The van der Waals surface area contributed by atoms with Gasteiger partial charge in [0.25, 0.3) is 5.91 Å². The number of carbonyl (C=O) groups excluding carboxylic acids is 2. The Morgan fingerprint density at radius 2 is 2.04 bits per heavy atom. The van der Waals surface area contributed by atoms with E-state index in [9.17, 15) is 9.59 Å². The zero-order valence-electron chi connectivity index (χ0n) is 13.5. The molecule has 7 nitrogen and oxygen atoms in total. The number of rotatable bonds is 6. The molecular formula is C17H21N3O4. The van der Waals surface area contributed by atoms with Crippen molar-refractivity contribution < 1.29 is 19.4 Å². The monoisotopic (exact) mass is 331 g/mol. The SMILES string of the molecule is CCOc1ccc([C@H]2NC(=O)NC3=C2C(=O)N(CCCO)C3)cc1. The summed E-state index contributed by atoms with van der Waals surface area (Å²) in [5.41, 5.74) is 2.04. The summed E-state index contributed by atoms with van der Waals surface area (Å²) in [6.07, 6.45) is 0.515. The second-order valence-corrected chi connectivity index (χ2v) is 5.73. The Labute approximate surface area is 140 Å². The van der Waals surface area contributed by atoms with Gasteiger partial charge in [-0.2, -0.15) is 0 Å². The molecule has 0 radical (unpaired) electrons. The van der Waals surface area contributed by atoms with Crippen molar-refractivity contribution in [3.8, 4) is 5.75 Å². The molecule has 0 saturated carbocycles. The van der Waals surface area contributed by atoms with Crippen LogP contribution < -0.4 is 15.4 Å². The predicted molar refractivity (Wildman–Crippen MR) is 87.3 cm³/mol. The van der Waals surface area contributed by atoms with Gasteiger partial charge in [-0.3, -0.25) is 4.79 Å². The number of nitrogens with one attached hydrogen (secondary N) is 2. The highest BCUT2D eigenvalue weighted by molar-refractivity contribution is 6.01. The highest BCUT2D eigenvalue weighted by Crippen LogP contribution is 2.33. The maximum absolute atomic E-state index is 12.7. The Bertz CT molecular complexity index is 669. The number of urea groups is 1. The van der Waals surface area contributed by atoms with Crippen LogP contribution in [0.3, 0.4) is 0 Å². The van der Waals surface area contributed by atoms with Gasteiger partial charge in [0.1, 0.15) is 5.75 Å². The molecule has 0 aromatic heterocycles. The van der Waals surface area contributed by atoms with E-state index in [2.05, 4.69) is 10.6 Å². The van der Waals surface area contributed by atoms with E-state index in [-0.39, 0.29) is 18.5 Å². The van der Waals surface area contributed by atoms with E-state index in [1.807, 2.05) is 31.2 Å². The molecule has 7 heteroatoms. The molecule has 3 amide bonds. The molecule has 2 heterocycles. The topological polar surface area (TPSA) is 90.9 Å². The maximum atomic E-state index is 12.7. The van der Waals surface area contributed by atoms with Crippen molar-refractivity contribution in [2.75, 3.05) is 26.3 Å². The van der Waals surface area contributed by atoms with Crippen LogP contribution in [0.25, 0.3) is 0 Å². The average Bonchev–Trinajstić information content (AvgIpc) is 2.89. The van der Waals surface area contributed by atoms with Gasteiger partial charge in [0.05, 0.1) is 30.5 Å². The molecule has 1 atom stereocenters. The van der Waals surface area contributed by atoms with Crippen molar-refractivity contribution in [1.82, 2.24) is 15.5 Å². The van der Waals surface area contributed by atoms with Crippen molar-refractivity contribution in [2.24, 2.45) is 0 Å². The minimum atomic E-state index is -0.476. The minimum Gasteiger partial charge on any atom is -0.494 e. The molecule has 3 N–H and O–H groups in total. The molecule has 0 aliphatic carbocycles. The zero-order chi connectivity index (χ0) is 17.1. The van der Waals surface area contributed by atoms with Gasteiger partial charge in [0, 0.05) is 13.2 Å². The average molecular weight is 331 g/mol. The van der Waals surface area contributed by atoms with Crippen LogP contribution in [-0.2, 0) is 4.79 Å². The number of hydrogen-bond acceptors (Lipinski definition) is 4. The van der Waals surface area contributed by atoms with E-state index < -0.39 is 6.04 Å². The molecule has 128 valence electrons. The highest BCUT2D eigenvalue weighted by Gasteiger charge is 2.39. The third kappa shape index (κ3) is 3.07. The van der Waals surface area contributed by atoms with Crippen LogP contribution in [0.4, 0.5) is 4.79 Å². The number of nitrogens with zero attached hydrogens (tertiary/aromatic N) is 1. The van der Waals surface area contributed by atoms with E-state index in [1.165, 1.54) is 0 Å². The second kappa shape index (κ2) is 6.92. The van der Waals surface area contributed by atoms with Crippen LogP contribution in [-0.4, -0.2) is 48.2 Å². The van der Waals surface area contributed by atoms with Crippen LogP contribution in [0, 0.1) is 0 Å². The summed E-state index contributed by atoms with van der Waals surface area (Å²) < 4.78 is 5.43. The normalized spacial score (nSPS) is 19.9. The first-order valence-electron chi connectivity index (χ1n) is 8.07. The van der Waals surface area contributed by atoms with Crippen LogP contribution in [0.5, 0.6) is 5.75 Å². The standard InChI is InChI=1S/C17H21N3O4/c1-2-24-12-6-4-11(5-7-12)15-14-13(18-17(23)19-15)10-20(16(14)22)8-3-9-21/h4-7,15,21H,2-3,8-10H2,1H3,(H2,18,19,23)/t15-/m1/s1. The number of aliphatic hydroxyl groups is 1. The third-order valence-electron chi connectivity index (χ3n) is 4.13. The van der Waals surface area contributed by atoms with Gasteiger partial charge >= 0.3 is 6.03 Å². The quantitative estimate of drug-likeness (QED) is 0.723. The van der Waals surface area contributed by atoms with Crippen molar-refractivity contribution in [3.63, 3.8) is 0 Å². The molecule has 0 spiro atoms. The van der Waals surface area contributed by atoms with E-state index in [4.69, 9.17) is 9.84 Å². The fraction of sp³-hybridized carbons (Fsp3) is 0.412. The Morgan fingerprint density at radius 1 is 1.29 bits per heavy atom. The Balaban J connectivity index is 1.85. The van der Waals surface area contributed by atoms with Crippen molar-refractivity contribution in [3.05, 3.63) is 41.1 Å². The molecular weight excluding hydrogens is 310 g/mol. The Morgan fingerprint density at radius 3 is 2.71 bits per heavy atom. The largest absolute Gasteiger partial charge is 0.494 e. The van der Waals surface area contributed by atoms with Gasteiger partial charge in [-0.15, -0.1) is 0 Å². The van der Waals surface area contributed by atoms with Crippen molar-refractivity contribution in [2.45, 2.75) is 19.4 Å². The van der Waals surface area contributed by atoms with E-state index in [0.29, 0.717) is 37.4 Å². The van der Waals surface area contributed by atoms with Gasteiger partial charge < -0.3 is 25.4 Å². The molecule has 0 bridgehead atoms. The van der Waals surface area contributed by atoms with Gasteiger partial charge in [0.15, 0.2) is 0 Å². The molecule has 2 aliphatic heterocycles.